The molecule has 0 radical (unpaired) electrons. The number of rotatable bonds is 3. The molecule has 7 heteroatoms. The fraction of sp³-hybridized carbons (Fsp3) is 0.100. The monoisotopic (exact) mass is 366 g/mol. The molecule has 27 heavy (non-hydrogen) atoms. The predicted octanol–water partition coefficient (Wildman–Crippen LogP) is 4.05. The van der Waals surface area contributed by atoms with Gasteiger partial charge in [-0.25, -0.2) is 13.8 Å². The van der Waals surface area contributed by atoms with Crippen LogP contribution in [0.2, 0.25) is 0 Å². The zero-order chi connectivity index (χ0) is 19.1. The van der Waals surface area contributed by atoms with E-state index in [-0.39, 0.29) is 16.9 Å². The lowest BCUT2D eigenvalue weighted by molar-refractivity contribution is 0.585. The van der Waals surface area contributed by atoms with Crippen molar-refractivity contribution in [2.24, 2.45) is 7.05 Å². The third kappa shape index (κ3) is 2.77. The van der Waals surface area contributed by atoms with Gasteiger partial charge in [0.25, 0.3) is 5.56 Å². The summed E-state index contributed by atoms with van der Waals surface area (Å²) in [4.78, 5) is 16.7. The minimum absolute atomic E-state index is 0.219. The highest BCUT2D eigenvalue weighted by molar-refractivity contribution is 5.87. The average molecular weight is 366 g/mol. The highest BCUT2D eigenvalue weighted by Crippen LogP contribution is 2.30. The molecule has 2 aromatic heterocycles. The van der Waals surface area contributed by atoms with Crippen LogP contribution in [0.3, 0.4) is 0 Å². The molecule has 0 atom stereocenters. The first-order valence-electron chi connectivity index (χ1n) is 8.30. The molecule has 136 valence electrons. The SMILES string of the molecule is Cc1c(Nc2c(F)ccc(-n3cccc3)c2F)ccc2ncn(C)c(=O)c12. The van der Waals surface area contributed by atoms with Crippen molar-refractivity contribution < 1.29 is 8.78 Å². The predicted molar refractivity (Wildman–Crippen MR) is 101 cm³/mol. The van der Waals surface area contributed by atoms with Gasteiger partial charge in [-0.05, 0) is 48.9 Å². The summed E-state index contributed by atoms with van der Waals surface area (Å²) in [5, 5.41) is 3.22. The van der Waals surface area contributed by atoms with E-state index in [9.17, 15) is 13.6 Å². The average Bonchev–Trinajstić information content (AvgIpc) is 3.17. The summed E-state index contributed by atoms with van der Waals surface area (Å²) in [5.41, 5.74) is 1.28. The van der Waals surface area contributed by atoms with Crippen molar-refractivity contribution in [2.75, 3.05) is 5.32 Å². The first-order chi connectivity index (χ1) is 13.0. The summed E-state index contributed by atoms with van der Waals surface area (Å²) in [6, 6.07) is 9.40. The minimum Gasteiger partial charge on any atom is -0.350 e. The van der Waals surface area contributed by atoms with Gasteiger partial charge in [0.15, 0.2) is 5.82 Å². The second-order valence-electron chi connectivity index (χ2n) is 6.26. The number of aryl methyl sites for hydroxylation is 2. The van der Waals surface area contributed by atoms with Crippen molar-refractivity contribution >= 4 is 22.3 Å². The Balaban J connectivity index is 1.86. The molecule has 2 heterocycles. The van der Waals surface area contributed by atoms with Crippen molar-refractivity contribution in [3.8, 4) is 5.69 Å². The molecule has 0 saturated heterocycles. The van der Waals surface area contributed by atoms with Gasteiger partial charge >= 0.3 is 0 Å². The molecular weight excluding hydrogens is 350 g/mol. The summed E-state index contributed by atoms with van der Waals surface area (Å²) < 4.78 is 32.3. The maximum absolute atomic E-state index is 15.0. The smallest absolute Gasteiger partial charge is 0.261 e. The second kappa shape index (κ2) is 6.35. The summed E-state index contributed by atoms with van der Waals surface area (Å²) in [5.74, 6) is -1.44. The van der Waals surface area contributed by atoms with Crippen LogP contribution in [0.4, 0.5) is 20.2 Å². The first kappa shape index (κ1) is 17.0. The Morgan fingerprint density at radius 1 is 1.07 bits per heavy atom. The fourth-order valence-electron chi connectivity index (χ4n) is 3.07. The van der Waals surface area contributed by atoms with E-state index in [1.807, 2.05) is 0 Å². The molecule has 0 fully saturated rings. The molecule has 0 unspecified atom stereocenters. The van der Waals surface area contributed by atoms with Crippen LogP contribution in [-0.4, -0.2) is 14.1 Å². The zero-order valence-corrected chi connectivity index (χ0v) is 14.7. The number of benzene rings is 2. The number of nitrogens with one attached hydrogen (secondary N) is 1. The fourth-order valence-corrected chi connectivity index (χ4v) is 3.07. The van der Waals surface area contributed by atoms with Crippen LogP contribution in [0.25, 0.3) is 16.6 Å². The number of halogens is 2. The van der Waals surface area contributed by atoms with Crippen molar-refractivity contribution in [2.45, 2.75) is 6.92 Å². The van der Waals surface area contributed by atoms with Crippen LogP contribution in [0, 0.1) is 18.6 Å². The number of anilines is 2. The standard InChI is InChI=1S/C20H16F2N4O/c1-12-14(6-7-15-17(12)20(27)25(2)11-23-15)24-19-13(21)5-8-16(18(19)22)26-9-3-4-10-26/h3-11,24H,1-2H3. The minimum atomic E-state index is -0.720. The molecule has 0 saturated carbocycles. The van der Waals surface area contributed by atoms with Gasteiger partial charge < -0.3 is 14.5 Å². The number of nitrogens with zero attached hydrogens (tertiary/aromatic N) is 3. The molecule has 2 aromatic carbocycles. The molecule has 5 nitrogen and oxygen atoms in total. The molecule has 0 aliphatic carbocycles. The van der Waals surface area contributed by atoms with Crippen LogP contribution in [-0.2, 0) is 7.05 Å². The Labute approximate surface area is 153 Å². The lowest BCUT2D eigenvalue weighted by atomic mass is 10.1. The van der Waals surface area contributed by atoms with E-state index in [1.165, 1.54) is 23.0 Å². The highest BCUT2D eigenvalue weighted by Gasteiger charge is 2.17. The van der Waals surface area contributed by atoms with E-state index in [2.05, 4.69) is 10.3 Å². The first-order valence-corrected chi connectivity index (χ1v) is 8.30. The molecule has 0 aliphatic rings. The van der Waals surface area contributed by atoms with Gasteiger partial charge in [-0.15, -0.1) is 0 Å². The largest absolute Gasteiger partial charge is 0.350 e. The number of aromatic nitrogens is 3. The normalized spacial score (nSPS) is 11.1. The van der Waals surface area contributed by atoms with Crippen LogP contribution in [0.1, 0.15) is 5.56 Å². The topological polar surface area (TPSA) is 51.9 Å². The number of hydrogen-bond acceptors (Lipinski definition) is 3. The molecule has 1 N–H and O–H groups in total. The Morgan fingerprint density at radius 3 is 2.56 bits per heavy atom. The quantitative estimate of drug-likeness (QED) is 0.595. The Bertz CT molecular complexity index is 1210. The van der Waals surface area contributed by atoms with Crippen LogP contribution in [0.5, 0.6) is 0 Å². The summed E-state index contributed by atoms with van der Waals surface area (Å²) in [6.45, 7) is 1.72. The summed E-state index contributed by atoms with van der Waals surface area (Å²) in [7, 11) is 1.61. The van der Waals surface area contributed by atoms with Crippen LogP contribution < -0.4 is 10.9 Å². The van der Waals surface area contributed by atoms with Gasteiger partial charge in [0.1, 0.15) is 11.5 Å². The van der Waals surface area contributed by atoms with Crippen molar-refractivity contribution in [3.63, 3.8) is 0 Å². The van der Waals surface area contributed by atoms with Crippen LogP contribution in [0.15, 0.2) is 59.9 Å². The molecule has 4 aromatic rings. The van der Waals surface area contributed by atoms with Gasteiger partial charge in [0.05, 0.1) is 22.9 Å². The van der Waals surface area contributed by atoms with E-state index in [1.54, 1.807) is 55.2 Å². The second-order valence-corrected chi connectivity index (χ2v) is 6.26. The zero-order valence-electron chi connectivity index (χ0n) is 14.7. The molecule has 0 amide bonds. The summed E-state index contributed by atoms with van der Waals surface area (Å²) >= 11 is 0. The van der Waals surface area contributed by atoms with Gasteiger partial charge in [0.2, 0.25) is 0 Å². The van der Waals surface area contributed by atoms with Gasteiger partial charge in [-0.2, -0.15) is 0 Å². The summed E-state index contributed by atoms with van der Waals surface area (Å²) in [6.07, 6.45) is 4.80. The molecule has 0 aliphatic heterocycles. The van der Waals surface area contributed by atoms with E-state index in [0.717, 1.165) is 0 Å². The maximum Gasteiger partial charge on any atom is 0.261 e. The number of fused-ring (bicyclic) bond motifs is 1. The van der Waals surface area contributed by atoms with Gasteiger partial charge in [0, 0.05) is 25.1 Å². The molecule has 4 rings (SSSR count). The maximum atomic E-state index is 15.0. The Kier molecular flexibility index (Phi) is 3.99. The van der Waals surface area contributed by atoms with E-state index in [4.69, 9.17) is 0 Å². The van der Waals surface area contributed by atoms with Gasteiger partial charge in [-0.1, -0.05) is 0 Å². The van der Waals surface area contributed by atoms with Crippen molar-refractivity contribution in [3.05, 3.63) is 82.7 Å². The van der Waals surface area contributed by atoms with E-state index < -0.39 is 11.6 Å². The third-order valence-electron chi connectivity index (χ3n) is 4.56. The molecule has 0 spiro atoms. The Morgan fingerprint density at radius 2 is 1.81 bits per heavy atom. The van der Waals surface area contributed by atoms with Crippen LogP contribution >= 0.6 is 0 Å². The lowest BCUT2D eigenvalue weighted by Crippen LogP contribution is -2.18. The lowest BCUT2D eigenvalue weighted by Gasteiger charge is -2.15. The molecule has 0 bridgehead atoms. The van der Waals surface area contributed by atoms with E-state index >= 15 is 0 Å². The van der Waals surface area contributed by atoms with Gasteiger partial charge in [-0.3, -0.25) is 4.79 Å². The number of hydrogen-bond donors (Lipinski definition) is 1. The highest BCUT2D eigenvalue weighted by atomic mass is 19.1. The molecular formula is C20H16F2N4O. The van der Waals surface area contributed by atoms with Crippen molar-refractivity contribution in [1.29, 1.82) is 0 Å². The van der Waals surface area contributed by atoms with E-state index in [0.29, 0.717) is 22.2 Å². The Hall–Kier alpha value is -3.48. The van der Waals surface area contributed by atoms with Crippen molar-refractivity contribution in [1.82, 2.24) is 14.1 Å². The third-order valence-corrected chi connectivity index (χ3v) is 4.56.